The SMILES string of the molecule is CC(NC(=O)c1cccc(CCCCCC(=O)N(C)C)c1)C(=O)O. The van der Waals surface area contributed by atoms with Gasteiger partial charge in [0.15, 0.2) is 0 Å². The largest absolute Gasteiger partial charge is 0.480 e. The first-order valence-electron chi connectivity index (χ1n) is 8.14. The molecule has 6 heteroatoms. The van der Waals surface area contributed by atoms with E-state index in [1.165, 1.54) is 6.92 Å². The van der Waals surface area contributed by atoms with E-state index in [0.29, 0.717) is 12.0 Å². The molecular formula is C18H26N2O4. The summed E-state index contributed by atoms with van der Waals surface area (Å²) in [6, 6.07) is 6.28. The summed E-state index contributed by atoms with van der Waals surface area (Å²) < 4.78 is 0. The maximum absolute atomic E-state index is 12.0. The number of carbonyl (C=O) groups is 3. The Bertz CT molecular complexity index is 584. The minimum atomic E-state index is -1.06. The molecule has 6 nitrogen and oxygen atoms in total. The van der Waals surface area contributed by atoms with Crippen LogP contribution in [0.1, 0.15) is 48.5 Å². The highest BCUT2D eigenvalue weighted by atomic mass is 16.4. The molecule has 1 unspecified atom stereocenters. The number of aliphatic carboxylic acids is 1. The van der Waals surface area contributed by atoms with Crippen molar-refractivity contribution in [2.75, 3.05) is 14.1 Å². The highest BCUT2D eigenvalue weighted by molar-refractivity contribution is 5.96. The lowest BCUT2D eigenvalue weighted by Gasteiger charge is -2.11. The van der Waals surface area contributed by atoms with Gasteiger partial charge in [-0.2, -0.15) is 0 Å². The Morgan fingerprint density at radius 2 is 1.88 bits per heavy atom. The summed E-state index contributed by atoms with van der Waals surface area (Å²) in [5.41, 5.74) is 1.49. The number of hydrogen-bond donors (Lipinski definition) is 2. The minimum absolute atomic E-state index is 0.140. The summed E-state index contributed by atoms with van der Waals surface area (Å²) in [6.07, 6.45) is 4.13. The molecule has 0 fully saturated rings. The fraction of sp³-hybridized carbons (Fsp3) is 0.500. The van der Waals surface area contributed by atoms with Crippen molar-refractivity contribution in [1.29, 1.82) is 0 Å². The van der Waals surface area contributed by atoms with Crippen molar-refractivity contribution in [3.05, 3.63) is 35.4 Å². The van der Waals surface area contributed by atoms with Crippen LogP contribution in [0.25, 0.3) is 0 Å². The fourth-order valence-corrected chi connectivity index (χ4v) is 2.22. The second kappa shape index (κ2) is 9.70. The smallest absolute Gasteiger partial charge is 0.325 e. The predicted molar refractivity (Wildman–Crippen MR) is 91.9 cm³/mol. The Balaban J connectivity index is 2.44. The number of rotatable bonds is 9. The fourth-order valence-electron chi connectivity index (χ4n) is 2.22. The van der Waals surface area contributed by atoms with Crippen LogP contribution in [0.4, 0.5) is 0 Å². The van der Waals surface area contributed by atoms with Crippen molar-refractivity contribution in [2.45, 2.75) is 45.1 Å². The first kappa shape index (κ1) is 19.7. The maximum atomic E-state index is 12.0. The van der Waals surface area contributed by atoms with Crippen LogP contribution in [0.5, 0.6) is 0 Å². The van der Waals surface area contributed by atoms with Gasteiger partial charge in [-0.25, -0.2) is 0 Å². The van der Waals surface area contributed by atoms with Gasteiger partial charge in [-0.3, -0.25) is 14.4 Å². The third-order valence-electron chi connectivity index (χ3n) is 3.76. The average molecular weight is 334 g/mol. The Morgan fingerprint density at radius 3 is 2.50 bits per heavy atom. The quantitative estimate of drug-likeness (QED) is 0.677. The Hall–Kier alpha value is -2.37. The molecule has 0 aliphatic rings. The zero-order valence-electron chi connectivity index (χ0n) is 14.5. The zero-order chi connectivity index (χ0) is 18.1. The molecule has 1 aromatic carbocycles. The summed E-state index contributed by atoms with van der Waals surface area (Å²) in [4.78, 5) is 35.9. The molecule has 24 heavy (non-hydrogen) atoms. The van der Waals surface area contributed by atoms with E-state index < -0.39 is 12.0 Å². The third kappa shape index (κ3) is 6.81. The maximum Gasteiger partial charge on any atom is 0.325 e. The van der Waals surface area contributed by atoms with E-state index in [-0.39, 0.29) is 11.8 Å². The highest BCUT2D eigenvalue weighted by Gasteiger charge is 2.15. The van der Waals surface area contributed by atoms with Crippen LogP contribution in [0.3, 0.4) is 0 Å². The van der Waals surface area contributed by atoms with Gasteiger partial charge in [-0.05, 0) is 43.9 Å². The van der Waals surface area contributed by atoms with Gasteiger partial charge in [0.2, 0.25) is 5.91 Å². The number of hydrogen-bond acceptors (Lipinski definition) is 3. The molecule has 0 aliphatic heterocycles. The molecule has 0 aromatic heterocycles. The molecule has 0 spiro atoms. The van der Waals surface area contributed by atoms with E-state index in [2.05, 4.69) is 5.32 Å². The summed E-state index contributed by atoms with van der Waals surface area (Å²) >= 11 is 0. The van der Waals surface area contributed by atoms with Crippen molar-refractivity contribution in [2.24, 2.45) is 0 Å². The lowest BCUT2D eigenvalue weighted by atomic mass is 10.0. The van der Waals surface area contributed by atoms with E-state index >= 15 is 0 Å². The summed E-state index contributed by atoms with van der Waals surface area (Å²) in [6.45, 7) is 1.43. The van der Waals surface area contributed by atoms with Gasteiger partial charge in [0.05, 0.1) is 0 Å². The summed E-state index contributed by atoms with van der Waals surface area (Å²) in [5.74, 6) is -1.31. The van der Waals surface area contributed by atoms with E-state index in [1.54, 1.807) is 37.2 Å². The van der Waals surface area contributed by atoms with Crippen LogP contribution in [0.15, 0.2) is 24.3 Å². The van der Waals surface area contributed by atoms with Gasteiger partial charge >= 0.3 is 5.97 Å². The minimum Gasteiger partial charge on any atom is -0.480 e. The molecule has 1 aromatic rings. The van der Waals surface area contributed by atoms with Gasteiger partial charge < -0.3 is 15.3 Å². The lowest BCUT2D eigenvalue weighted by Crippen LogP contribution is -2.38. The van der Waals surface area contributed by atoms with Crippen LogP contribution < -0.4 is 5.32 Å². The van der Waals surface area contributed by atoms with Crippen LogP contribution in [0, 0.1) is 0 Å². The van der Waals surface area contributed by atoms with Gasteiger partial charge in [-0.1, -0.05) is 18.6 Å². The Morgan fingerprint density at radius 1 is 1.17 bits per heavy atom. The van der Waals surface area contributed by atoms with Gasteiger partial charge in [0.1, 0.15) is 6.04 Å². The van der Waals surface area contributed by atoms with E-state index in [1.807, 2.05) is 6.07 Å². The topological polar surface area (TPSA) is 86.7 Å². The van der Waals surface area contributed by atoms with E-state index in [0.717, 1.165) is 31.2 Å². The molecule has 0 heterocycles. The Kier molecular flexibility index (Phi) is 7.95. The van der Waals surface area contributed by atoms with E-state index in [9.17, 15) is 14.4 Å². The summed E-state index contributed by atoms with van der Waals surface area (Å²) in [7, 11) is 3.51. The first-order valence-corrected chi connectivity index (χ1v) is 8.14. The second-order valence-corrected chi connectivity index (χ2v) is 6.08. The number of carboxylic acid groups (broad SMARTS) is 1. The molecule has 2 N–H and O–H groups in total. The molecule has 0 aliphatic carbocycles. The van der Waals surface area contributed by atoms with Gasteiger partial charge in [0.25, 0.3) is 5.91 Å². The molecular weight excluding hydrogens is 308 g/mol. The van der Waals surface area contributed by atoms with Crippen LogP contribution in [-0.4, -0.2) is 47.9 Å². The van der Waals surface area contributed by atoms with Crippen LogP contribution >= 0.6 is 0 Å². The molecule has 1 atom stereocenters. The number of carboxylic acids is 1. The summed E-state index contributed by atoms with van der Waals surface area (Å²) in [5, 5.41) is 11.3. The monoisotopic (exact) mass is 334 g/mol. The van der Waals surface area contributed by atoms with Crippen molar-refractivity contribution >= 4 is 17.8 Å². The Labute approximate surface area is 142 Å². The predicted octanol–water partition coefficient (Wildman–Crippen LogP) is 2.08. The molecule has 0 radical (unpaired) electrons. The zero-order valence-corrected chi connectivity index (χ0v) is 14.5. The molecule has 132 valence electrons. The van der Waals surface area contributed by atoms with E-state index in [4.69, 9.17) is 5.11 Å². The van der Waals surface area contributed by atoms with Gasteiger partial charge in [0, 0.05) is 26.1 Å². The number of carbonyl (C=O) groups excluding carboxylic acids is 2. The van der Waals surface area contributed by atoms with Crippen molar-refractivity contribution < 1.29 is 19.5 Å². The number of nitrogens with zero attached hydrogens (tertiary/aromatic N) is 1. The normalized spacial score (nSPS) is 11.6. The molecule has 0 bridgehead atoms. The average Bonchev–Trinajstić information content (AvgIpc) is 2.54. The lowest BCUT2D eigenvalue weighted by molar-refractivity contribution is -0.138. The number of benzene rings is 1. The van der Waals surface area contributed by atoms with Crippen molar-refractivity contribution in [3.8, 4) is 0 Å². The van der Waals surface area contributed by atoms with Gasteiger partial charge in [-0.15, -0.1) is 0 Å². The number of aryl methyl sites for hydroxylation is 1. The molecule has 2 amide bonds. The van der Waals surface area contributed by atoms with Crippen molar-refractivity contribution in [3.63, 3.8) is 0 Å². The number of amides is 2. The first-order chi connectivity index (χ1) is 11.3. The standard InChI is InChI=1S/C18H26N2O4/c1-13(18(23)24)19-17(22)15-10-7-9-14(12-15)8-5-4-6-11-16(21)20(2)3/h7,9-10,12-13H,4-6,8,11H2,1-3H3,(H,19,22)(H,23,24). The molecule has 0 saturated heterocycles. The van der Waals surface area contributed by atoms with Crippen LogP contribution in [0.2, 0.25) is 0 Å². The second-order valence-electron chi connectivity index (χ2n) is 6.08. The molecule has 1 rings (SSSR count). The third-order valence-corrected chi connectivity index (χ3v) is 3.76. The van der Waals surface area contributed by atoms with Crippen LogP contribution in [-0.2, 0) is 16.0 Å². The van der Waals surface area contributed by atoms with Crippen molar-refractivity contribution in [1.82, 2.24) is 10.2 Å². The number of nitrogens with one attached hydrogen (secondary N) is 1. The molecule has 0 saturated carbocycles. The highest BCUT2D eigenvalue weighted by Crippen LogP contribution is 2.11. The number of unbranched alkanes of at least 4 members (excludes halogenated alkanes) is 2.